The number of hydrogen-bond donors (Lipinski definition) is 2. The van der Waals surface area contributed by atoms with Gasteiger partial charge in [-0.3, -0.25) is 4.79 Å². The highest BCUT2D eigenvalue weighted by atomic mass is 79.9. The van der Waals surface area contributed by atoms with Gasteiger partial charge in [-0.25, -0.2) is 19.0 Å². The second kappa shape index (κ2) is 8.42. The number of aromatic nitrogens is 5. The molecule has 4 aromatic rings. The van der Waals surface area contributed by atoms with Gasteiger partial charge in [0, 0.05) is 41.8 Å². The van der Waals surface area contributed by atoms with Crippen LogP contribution in [-0.2, 0) is 4.79 Å². The summed E-state index contributed by atoms with van der Waals surface area (Å²) in [5.74, 6) is -0.0366. The van der Waals surface area contributed by atoms with Crippen LogP contribution >= 0.6 is 27.5 Å². The van der Waals surface area contributed by atoms with Crippen molar-refractivity contribution in [2.45, 2.75) is 39.2 Å². The van der Waals surface area contributed by atoms with Crippen molar-refractivity contribution in [1.29, 1.82) is 0 Å². The molecule has 2 N–H and O–H groups in total. The van der Waals surface area contributed by atoms with E-state index in [-0.39, 0.29) is 17.5 Å². The molecule has 1 amide bonds. The Hall–Kier alpha value is -2.85. The lowest BCUT2D eigenvalue weighted by molar-refractivity contribution is -0.129. The Morgan fingerprint density at radius 2 is 2.09 bits per heavy atom. The first-order valence-electron chi connectivity index (χ1n) is 10.9. The van der Waals surface area contributed by atoms with Gasteiger partial charge in [0.1, 0.15) is 10.1 Å². The lowest BCUT2D eigenvalue weighted by Crippen LogP contribution is -2.35. The van der Waals surface area contributed by atoms with Crippen LogP contribution in [0.4, 0.5) is 10.3 Å². The van der Waals surface area contributed by atoms with Crippen LogP contribution in [0.2, 0.25) is 5.02 Å². The van der Waals surface area contributed by atoms with Gasteiger partial charge < -0.3 is 10.6 Å². The number of amides is 1. The molecule has 8 nitrogen and oxygen atoms in total. The van der Waals surface area contributed by atoms with Crippen molar-refractivity contribution < 1.29 is 9.18 Å². The number of benzene rings is 1. The molecule has 5 rings (SSSR count). The SMILES string of the molecule is CNC(=O)[C@]1(C)CC[C@@H](Nc2ncc3c(Br)nn(-c4cc(F)c5nc(C)cc(Cl)c5c4)c3n2)C1. The molecule has 0 bridgehead atoms. The third-order valence-electron chi connectivity index (χ3n) is 6.40. The standard InChI is InChI=1S/C23H22BrClFN7O/c1-11-6-16(25)14-7-13(8-17(26)18(14)29-11)33-20-15(19(24)32-33)10-28-22(31-20)30-12-4-5-23(2,9-12)21(34)27-3/h6-8,10,12H,4-5,9H2,1-3H3,(H,27,34)(H,28,30,31)/t12-,23-/m1/s1. The number of halogens is 3. The van der Waals surface area contributed by atoms with E-state index >= 15 is 0 Å². The van der Waals surface area contributed by atoms with Crippen molar-refractivity contribution in [3.63, 3.8) is 0 Å². The Kier molecular flexibility index (Phi) is 5.68. The first-order valence-corrected chi connectivity index (χ1v) is 12.0. The van der Waals surface area contributed by atoms with E-state index in [2.05, 4.69) is 46.6 Å². The molecule has 2 atom stereocenters. The van der Waals surface area contributed by atoms with Crippen molar-refractivity contribution in [3.05, 3.63) is 45.5 Å². The molecule has 1 saturated carbocycles. The maximum absolute atomic E-state index is 15.0. The van der Waals surface area contributed by atoms with Crippen LogP contribution in [0.15, 0.2) is 29.0 Å². The average Bonchev–Trinajstić information content (AvgIpc) is 3.34. The summed E-state index contributed by atoms with van der Waals surface area (Å²) in [4.78, 5) is 25.6. The molecule has 0 radical (unpaired) electrons. The quantitative estimate of drug-likeness (QED) is 0.376. The molecule has 0 aliphatic heterocycles. The van der Waals surface area contributed by atoms with Crippen molar-refractivity contribution >= 4 is 61.3 Å². The lowest BCUT2D eigenvalue weighted by atomic mass is 9.87. The number of anilines is 1. The van der Waals surface area contributed by atoms with Crippen molar-refractivity contribution in [2.24, 2.45) is 5.41 Å². The molecule has 176 valence electrons. The minimum atomic E-state index is -0.496. The fourth-order valence-corrected chi connectivity index (χ4v) is 5.39. The Balaban J connectivity index is 1.53. The van der Waals surface area contributed by atoms with E-state index in [0.717, 1.165) is 12.8 Å². The number of carbonyl (C=O) groups excluding carboxylic acids is 1. The molecule has 1 aromatic carbocycles. The molecular weight excluding hydrogens is 525 g/mol. The van der Waals surface area contributed by atoms with Gasteiger partial charge in [-0.05, 0) is 54.2 Å². The zero-order chi connectivity index (χ0) is 24.2. The molecule has 0 spiro atoms. The summed E-state index contributed by atoms with van der Waals surface area (Å²) >= 11 is 9.83. The zero-order valence-corrected chi connectivity index (χ0v) is 21.1. The zero-order valence-electron chi connectivity index (χ0n) is 18.8. The van der Waals surface area contributed by atoms with Crippen molar-refractivity contribution in [3.8, 4) is 5.69 Å². The summed E-state index contributed by atoms with van der Waals surface area (Å²) in [7, 11) is 1.66. The van der Waals surface area contributed by atoms with Gasteiger partial charge in [-0.1, -0.05) is 18.5 Å². The summed E-state index contributed by atoms with van der Waals surface area (Å²) < 4.78 is 17.1. The van der Waals surface area contributed by atoms with Gasteiger partial charge in [0.05, 0.1) is 16.1 Å². The molecule has 11 heteroatoms. The highest BCUT2D eigenvalue weighted by Crippen LogP contribution is 2.39. The highest BCUT2D eigenvalue weighted by Gasteiger charge is 2.41. The summed E-state index contributed by atoms with van der Waals surface area (Å²) in [6, 6.07) is 4.87. The summed E-state index contributed by atoms with van der Waals surface area (Å²) in [5.41, 5.74) is 1.40. The minimum absolute atomic E-state index is 0.0388. The number of rotatable bonds is 4. The Bertz CT molecular complexity index is 1460. The molecule has 1 aliphatic rings. The second-order valence-electron chi connectivity index (χ2n) is 8.93. The fraction of sp³-hybridized carbons (Fsp3) is 0.348. The van der Waals surface area contributed by atoms with Crippen molar-refractivity contribution in [2.75, 3.05) is 12.4 Å². The molecule has 1 aliphatic carbocycles. The predicted molar refractivity (Wildman–Crippen MR) is 133 cm³/mol. The number of carbonyl (C=O) groups is 1. The van der Waals surface area contributed by atoms with E-state index in [1.807, 2.05) is 6.92 Å². The van der Waals surface area contributed by atoms with E-state index < -0.39 is 11.2 Å². The maximum Gasteiger partial charge on any atom is 0.225 e. The van der Waals surface area contributed by atoms with E-state index in [9.17, 15) is 9.18 Å². The normalized spacial score (nSPS) is 20.2. The summed E-state index contributed by atoms with van der Waals surface area (Å²) in [5, 5.41) is 12.2. The Morgan fingerprint density at radius 3 is 2.85 bits per heavy atom. The smallest absolute Gasteiger partial charge is 0.225 e. The number of fused-ring (bicyclic) bond motifs is 2. The van der Waals surface area contributed by atoms with Crippen molar-refractivity contribution in [1.82, 2.24) is 30.0 Å². The summed E-state index contributed by atoms with van der Waals surface area (Å²) in [6.45, 7) is 3.74. The number of nitrogens with one attached hydrogen (secondary N) is 2. The second-order valence-corrected chi connectivity index (χ2v) is 10.1. The lowest BCUT2D eigenvalue weighted by Gasteiger charge is -2.22. The number of hydrogen-bond acceptors (Lipinski definition) is 6. The Morgan fingerprint density at radius 1 is 1.29 bits per heavy atom. The first-order chi connectivity index (χ1) is 16.2. The van der Waals surface area contributed by atoms with Gasteiger partial charge >= 0.3 is 0 Å². The van der Waals surface area contributed by atoms with Crippen LogP contribution in [0.25, 0.3) is 27.6 Å². The molecule has 1 fully saturated rings. The first kappa shape index (κ1) is 22.9. The molecule has 0 unspecified atom stereocenters. The van der Waals surface area contributed by atoms with Gasteiger partial charge in [-0.15, -0.1) is 0 Å². The molecule has 3 heterocycles. The maximum atomic E-state index is 15.0. The predicted octanol–water partition coefficient (Wildman–Crippen LogP) is 4.94. The monoisotopic (exact) mass is 545 g/mol. The van der Waals surface area contributed by atoms with E-state index in [0.29, 0.717) is 49.8 Å². The third kappa shape index (κ3) is 3.88. The molecule has 0 saturated heterocycles. The van der Waals surface area contributed by atoms with E-state index in [4.69, 9.17) is 11.6 Å². The van der Waals surface area contributed by atoms with Gasteiger partial charge in [0.15, 0.2) is 11.5 Å². The van der Waals surface area contributed by atoms with Crippen LogP contribution in [0, 0.1) is 18.2 Å². The van der Waals surface area contributed by atoms with Gasteiger partial charge in [0.25, 0.3) is 0 Å². The molecular formula is C23H22BrClFN7O. The fourth-order valence-electron chi connectivity index (χ4n) is 4.65. The van der Waals surface area contributed by atoms with Crippen LogP contribution in [0.5, 0.6) is 0 Å². The van der Waals surface area contributed by atoms with Crippen LogP contribution in [0.1, 0.15) is 31.9 Å². The van der Waals surface area contributed by atoms with Crippen LogP contribution in [0.3, 0.4) is 0 Å². The number of pyridine rings is 1. The van der Waals surface area contributed by atoms with Crippen LogP contribution in [-0.4, -0.2) is 43.7 Å². The topological polar surface area (TPSA) is 97.6 Å². The van der Waals surface area contributed by atoms with Gasteiger partial charge in [0.2, 0.25) is 11.9 Å². The minimum Gasteiger partial charge on any atom is -0.359 e. The van der Waals surface area contributed by atoms with Crippen LogP contribution < -0.4 is 10.6 Å². The average molecular weight is 547 g/mol. The highest BCUT2D eigenvalue weighted by molar-refractivity contribution is 9.10. The Labute approximate surface area is 208 Å². The molecule has 3 aromatic heterocycles. The van der Waals surface area contributed by atoms with E-state index in [1.165, 1.54) is 6.07 Å². The molecule has 34 heavy (non-hydrogen) atoms. The largest absolute Gasteiger partial charge is 0.359 e. The van der Waals surface area contributed by atoms with Gasteiger partial charge in [-0.2, -0.15) is 10.1 Å². The number of nitrogens with zero attached hydrogens (tertiary/aromatic N) is 5. The third-order valence-corrected chi connectivity index (χ3v) is 7.30. The number of aryl methyl sites for hydroxylation is 1. The summed E-state index contributed by atoms with van der Waals surface area (Å²) in [6.07, 6.45) is 3.95. The van der Waals surface area contributed by atoms with E-state index in [1.54, 1.807) is 37.0 Å².